The van der Waals surface area contributed by atoms with Crippen LogP contribution in [-0.2, 0) is 23.1 Å². The number of nitriles is 1. The first-order valence-electron chi connectivity index (χ1n) is 10.8. The van der Waals surface area contributed by atoms with Gasteiger partial charge in [-0.3, -0.25) is 9.62 Å². The predicted octanol–water partition coefficient (Wildman–Crippen LogP) is 4.56. The predicted molar refractivity (Wildman–Crippen MR) is 125 cm³/mol. The van der Waals surface area contributed by atoms with Gasteiger partial charge in [0.15, 0.2) is 0 Å². The van der Waals surface area contributed by atoms with Crippen LogP contribution in [0.5, 0.6) is 0 Å². The van der Waals surface area contributed by atoms with Crippen LogP contribution in [0.2, 0.25) is 0 Å². The maximum absolute atomic E-state index is 11.8. The van der Waals surface area contributed by atoms with Gasteiger partial charge in [-0.25, -0.2) is 8.42 Å². The average molecular weight is 437 g/mol. The molecule has 1 aliphatic rings. The minimum Gasteiger partial charge on any atom is -0.340 e. The summed E-state index contributed by atoms with van der Waals surface area (Å²) in [5.41, 5.74) is 5.30. The summed E-state index contributed by atoms with van der Waals surface area (Å²) in [4.78, 5) is 2.47. The maximum Gasteiger partial charge on any atom is 0.232 e. The van der Waals surface area contributed by atoms with Crippen LogP contribution in [0.25, 0.3) is 22.2 Å². The number of nitrogens with one attached hydrogen (secondary N) is 1. The Morgan fingerprint density at radius 3 is 2.39 bits per heavy atom. The van der Waals surface area contributed by atoms with Crippen LogP contribution in [0, 0.1) is 11.3 Å². The van der Waals surface area contributed by atoms with E-state index in [1.165, 1.54) is 18.4 Å². The summed E-state index contributed by atoms with van der Waals surface area (Å²) in [5.74, 6) is 0.0250. The highest BCUT2D eigenvalue weighted by Crippen LogP contribution is 2.35. The van der Waals surface area contributed by atoms with Gasteiger partial charge in [-0.1, -0.05) is 24.3 Å². The number of fused-ring (bicyclic) bond motifs is 1. The molecule has 2 heterocycles. The molecular weight excluding hydrogens is 408 g/mol. The number of likely N-dealkylation sites (tertiary alicyclic amines) is 1. The quantitative estimate of drug-likeness (QED) is 0.589. The molecule has 4 rings (SSSR count). The van der Waals surface area contributed by atoms with Gasteiger partial charge >= 0.3 is 0 Å². The molecular formula is C24H28N4O2S. The molecule has 1 fully saturated rings. The van der Waals surface area contributed by atoms with Crippen molar-refractivity contribution in [1.29, 1.82) is 5.26 Å². The summed E-state index contributed by atoms with van der Waals surface area (Å²) in [6.45, 7) is 7.67. The van der Waals surface area contributed by atoms with E-state index in [4.69, 9.17) is 0 Å². The molecule has 1 aromatic heterocycles. The van der Waals surface area contributed by atoms with Crippen molar-refractivity contribution in [3.05, 3.63) is 53.6 Å². The van der Waals surface area contributed by atoms with E-state index in [9.17, 15) is 13.7 Å². The molecule has 1 aliphatic heterocycles. The number of sulfonamides is 1. The second-order valence-corrected chi connectivity index (χ2v) is 10.0. The largest absolute Gasteiger partial charge is 0.340 e. The molecule has 6 nitrogen and oxygen atoms in total. The van der Waals surface area contributed by atoms with Crippen molar-refractivity contribution < 1.29 is 8.42 Å². The van der Waals surface area contributed by atoms with Crippen molar-refractivity contribution >= 4 is 26.6 Å². The third kappa shape index (κ3) is 4.32. The average Bonchev–Trinajstić information content (AvgIpc) is 3.39. The lowest BCUT2D eigenvalue weighted by Crippen LogP contribution is -2.18. The molecule has 3 aromatic rings. The Morgan fingerprint density at radius 2 is 1.77 bits per heavy atom. The molecule has 31 heavy (non-hydrogen) atoms. The van der Waals surface area contributed by atoms with E-state index in [0.717, 1.165) is 48.3 Å². The summed E-state index contributed by atoms with van der Waals surface area (Å²) in [7, 11) is -3.32. The summed E-state index contributed by atoms with van der Waals surface area (Å²) in [5, 5.41) is 10.9. The van der Waals surface area contributed by atoms with Gasteiger partial charge in [0, 0.05) is 24.2 Å². The number of aromatic nitrogens is 1. The first-order chi connectivity index (χ1) is 15.0. The molecule has 0 amide bonds. The Morgan fingerprint density at radius 1 is 1.06 bits per heavy atom. The first kappa shape index (κ1) is 21.4. The fraction of sp³-hybridized carbons (Fsp3) is 0.375. The first-order valence-corrected chi connectivity index (χ1v) is 12.5. The van der Waals surface area contributed by atoms with Crippen LogP contribution >= 0.6 is 0 Å². The Balaban J connectivity index is 1.75. The standard InChI is InChI=1S/C24H28N4O2S/c1-3-28-23-15-18(17-27-13-5-6-14-27)7-12-21(23)22(16-25)24(28)19-8-10-20(11-9-19)26-31(29,30)4-2/h7-12,15,26H,3-6,13-14,17H2,1-2H3. The zero-order chi connectivity index (χ0) is 22.0. The van der Waals surface area contributed by atoms with Gasteiger partial charge in [-0.2, -0.15) is 5.26 Å². The van der Waals surface area contributed by atoms with Gasteiger partial charge in [0.05, 0.1) is 22.5 Å². The van der Waals surface area contributed by atoms with Gasteiger partial charge in [0.25, 0.3) is 0 Å². The minimum atomic E-state index is -3.32. The van der Waals surface area contributed by atoms with Crippen molar-refractivity contribution in [3.63, 3.8) is 0 Å². The molecule has 1 saturated heterocycles. The topological polar surface area (TPSA) is 78.1 Å². The lowest BCUT2D eigenvalue weighted by molar-refractivity contribution is 0.331. The maximum atomic E-state index is 11.8. The van der Waals surface area contributed by atoms with E-state index >= 15 is 0 Å². The Labute approximate surface area is 184 Å². The number of nitrogens with zero attached hydrogens (tertiary/aromatic N) is 3. The second-order valence-electron chi connectivity index (χ2n) is 8.00. The molecule has 0 spiro atoms. The molecule has 2 aromatic carbocycles. The lowest BCUT2D eigenvalue weighted by atomic mass is 10.0. The Bertz CT molecular complexity index is 1230. The summed E-state index contributed by atoms with van der Waals surface area (Å²) < 4.78 is 28.4. The van der Waals surface area contributed by atoms with Crippen molar-refractivity contribution in [2.75, 3.05) is 23.6 Å². The van der Waals surface area contributed by atoms with Crippen LogP contribution in [0.3, 0.4) is 0 Å². The van der Waals surface area contributed by atoms with Crippen molar-refractivity contribution in [1.82, 2.24) is 9.47 Å². The van der Waals surface area contributed by atoms with Gasteiger partial charge in [-0.15, -0.1) is 0 Å². The molecule has 0 radical (unpaired) electrons. The summed E-state index contributed by atoms with van der Waals surface area (Å²) >= 11 is 0. The molecule has 0 bridgehead atoms. The van der Waals surface area contributed by atoms with E-state index in [0.29, 0.717) is 11.3 Å². The molecule has 0 atom stereocenters. The fourth-order valence-electron chi connectivity index (χ4n) is 4.38. The van der Waals surface area contributed by atoms with Crippen LogP contribution in [0.4, 0.5) is 5.69 Å². The monoisotopic (exact) mass is 436 g/mol. The second kappa shape index (κ2) is 8.74. The molecule has 7 heteroatoms. The van der Waals surface area contributed by atoms with Crippen molar-refractivity contribution in [2.24, 2.45) is 0 Å². The van der Waals surface area contributed by atoms with E-state index in [1.807, 2.05) is 12.1 Å². The smallest absolute Gasteiger partial charge is 0.232 e. The zero-order valence-electron chi connectivity index (χ0n) is 18.1. The van der Waals surface area contributed by atoms with Crippen molar-refractivity contribution in [3.8, 4) is 17.3 Å². The number of aryl methyl sites for hydroxylation is 1. The molecule has 0 aliphatic carbocycles. The summed E-state index contributed by atoms with van der Waals surface area (Å²) in [6, 6.07) is 16.1. The highest BCUT2D eigenvalue weighted by molar-refractivity contribution is 7.92. The third-order valence-corrected chi connectivity index (χ3v) is 7.28. The fourth-order valence-corrected chi connectivity index (χ4v) is 5.02. The van der Waals surface area contributed by atoms with Crippen LogP contribution < -0.4 is 4.72 Å². The Kier molecular flexibility index (Phi) is 6.03. The highest BCUT2D eigenvalue weighted by atomic mass is 32.2. The van der Waals surface area contributed by atoms with Crippen LogP contribution in [0.1, 0.15) is 37.8 Å². The van der Waals surface area contributed by atoms with Gasteiger partial charge in [0.1, 0.15) is 6.07 Å². The number of anilines is 1. The Hall–Kier alpha value is -2.82. The van der Waals surface area contributed by atoms with Gasteiger partial charge in [-0.05, 0) is 69.1 Å². The van der Waals surface area contributed by atoms with Gasteiger partial charge in [0.2, 0.25) is 10.0 Å². The third-order valence-electron chi connectivity index (χ3n) is 5.97. The SMILES string of the molecule is CCn1c(-c2ccc(NS(=O)(=O)CC)cc2)c(C#N)c2ccc(CN3CCCC3)cc21. The van der Waals surface area contributed by atoms with Crippen LogP contribution in [0.15, 0.2) is 42.5 Å². The van der Waals surface area contributed by atoms with E-state index < -0.39 is 10.0 Å². The molecule has 0 unspecified atom stereocenters. The summed E-state index contributed by atoms with van der Waals surface area (Å²) in [6.07, 6.45) is 2.53. The number of benzene rings is 2. The van der Waals surface area contributed by atoms with Gasteiger partial charge < -0.3 is 4.57 Å². The van der Waals surface area contributed by atoms with E-state index in [2.05, 4.69) is 45.4 Å². The molecule has 0 saturated carbocycles. The van der Waals surface area contributed by atoms with Crippen molar-refractivity contribution in [2.45, 2.75) is 39.8 Å². The lowest BCUT2D eigenvalue weighted by Gasteiger charge is -2.15. The highest BCUT2D eigenvalue weighted by Gasteiger charge is 2.19. The van der Waals surface area contributed by atoms with E-state index in [-0.39, 0.29) is 5.75 Å². The zero-order valence-corrected chi connectivity index (χ0v) is 18.9. The minimum absolute atomic E-state index is 0.0250. The number of rotatable bonds is 7. The van der Waals surface area contributed by atoms with E-state index in [1.54, 1.807) is 19.1 Å². The van der Waals surface area contributed by atoms with Crippen LogP contribution in [-0.4, -0.2) is 36.7 Å². The molecule has 1 N–H and O–H groups in total. The molecule has 162 valence electrons. The normalized spacial score (nSPS) is 14.7. The number of hydrogen-bond acceptors (Lipinski definition) is 4. The number of hydrogen-bond donors (Lipinski definition) is 1.